The van der Waals surface area contributed by atoms with E-state index in [1.807, 2.05) is 0 Å². The van der Waals surface area contributed by atoms with Crippen molar-refractivity contribution in [3.8, 4) is 0 Å². The van der Waals surface area contributed by atoms with Gasteiger partial charge in [-0.1, -0.05) is 55.8 Å². The molecule has 0 saturated heterocycles. The number of carbonyl (C=O) groups excluding carboxylic acids is 2. The van der Waals surface area contributed by atoms with Gasteiger partial charge in [0.1, 0.15) is 16.4 Å². The fourth-order valence-electron chi connectivity index (χ4n) is 3.15. The van der Waals surface area contributed by atoms with Crippen LogP contribution in [-0.2, 0) is 11.8 Å². The number of aromatic nitrogens is 1. The number of hydrogen-bond donors (Lipinski definition) is 2. The second kappa shape index (κ2) is 8.26. The molecule has 7 heteroatoms. The Morgan fingerprint density at radius 1 is 1.25 bits per heavy atom. The van der Waals surface area contributed by atoms with Crippen molar-refractivity contribution in [2.75, 3.05) is 6.54 Å². The van der Waals surface area contributed by atoms with E-state index in [2.05, 4.69) is 17.6 Å². The van der Waals surface area contributed by atoms with Crippen LogP contribution in [0.4, 0.5) is 0 Å². The number of nitrogens with one attached hydrogen (secondary N) is 2. The van der Waals surface area contributed by atoms with Crippen molar-refractivity contribution < 1.29 is 9.59 Å². The van der Waals surface area contributed by atoms with E-state index in [1.54, 1.807) is 7.05 Å². The molecule has 1 aromatic rings. The normalized spacial score (nSPS) is 16.7. The summed E-state index contributed by atoms with van der Waals surface area (Å²) in [6.07, 6.45) is 6.19. The van der Waals surface area contributed by atoms with Crippen molar-refractivity contribution >= 4 is 35.0 Å². The van der Waals surface area contributed by atoms with Crippen LogP contribution in [0.1, 0.15) is 62.4 Å². The summed E-state index contributed by atoms with van der Waals surface area (Å²) in [4.78, 5) is 25.4. The highest BCUT2D eigenvalue weighted by atomic mass is 35.5. The van der Waals surface area contributed by atoms with Crippen molar-refractivity contribution in [1.82, 2.24) is 15.2 Å². The van der Waals surface area contributed by atoms with Crippen LogP contribution in [0.3, 0.4) is 0 Å². The summed E-state index contributed by atoms with van der Waals surface area (Å²) in [7, 11) is 1.68. The lowest BCUT2D eigenvalue weighted by Crippen LogP contribution is -2.60. The summed E-state index contributed by atoms with van der Waals surface area (Å²) < 4.78 is 1.53. The molecule has 0 atom stereocenters. The lowest BCUT2D eigenvalue weighted by atomic mass is 9.80. The number of rotatable bonds is 6. The average molecular weight is 374 g/mol. The third kappa shape index (κ3) is 4.06. The number of halogens is 2. The van der Waals surface area contributed by atoms with Crippen LogP contribution in [0.2, 0.25) is 10.2 Å². The second-order valence-electron chi connectivity index (χ2n) is 6.43. The minimum atomic E-state index is -0.841. The van der Waals surface area contributed by atoms with E-state index in [4.69, 9.17) is 23.2 Å². The van der Waals surface area contributed by atoms with Gasteiger partial charge in [0.2, 0.25) is 5.91 Å². The molecule has 1 aliphatic rings. The van der Waals surface area contributed by atoms with Crippen LogP contribution in [0.15, 0.2) is 6.07 Å². The van der Waals surface area contributed by atoms with Gasteiger partial charge < -0.3 is 15.2 Å². The number of unbranched alkanes of at least 4 members (excludes halogenated alkanes) is 1. The first kappa shape index (κ1) is 19.1. The van der Waals surface area contributed by atoms with Crippen molar-refractivity contribution in [2.45, 2.75) is 57.4 Å². The van der Waals surface area contributed by atoms with Gasteiger partial charge in [-0.2, -0.15) is 0 Å². The van der Waals surface area contributed by atoms with Gasteiger partial charge in [-0.15, -0.1) is 0 Å². The third-order valence-corrected chi connectivity index (χ3v) is 5.50. The van der Waals surface area contributed by atoms with E-state index in [1.165, 1.54) is 10.6 Å². The van der Waals surface area contributed by atoms with Gasteiger partial charge in [0.05, 0.1) is 5.02 Å². The van der Waals surface area contributed by atoms with Gasteiger partial charge in [0.25, 0.3) is 5.91 Å². The molecule has 0 aromatic carbocycles. The van der Waals surface area contributed by atoms with Gasteiger partial charge >= 0.3 is 0 Å². The lowest BCUT2D eigenvalue weighted by Gasteiger charge is -2.36. The highest BCUT2D eigenvalue weighted by molar-refractivity contribution is 6.41. The number of hydrogen-bond acceptors (Lipinski definition) is 2. The predicted octanol–water partition coefficient (Wildman–Crippen LogP) is 3.68. The van der Waals surface area contributed by atoms with E-state index in [-0.39, 0.29) is 11.8 Å². The van der Waals surface area contributed by atoms with Crippen LogP contribution < -0.4 is 10.6 Å². The molecule has 1 saturated carbocycles. The van der Waals surface area contributed by atoms with Crippen LogP contribution in [0.5, 0.6) is 0 Å². The quantitative estimate of drug-likeness (QED) is 0.746. The lowest BCUT2D eigenvalue weighted by molar-refractivity contribution is -0.128. The molecule has 2 N–H and O–H groups in total. The zero-order chi connectivity index (χ0) is 17.7. The zero-order valence-corrected chi connectivity index (χ0v) is 15.8. The highest BCUT2D eigenvalue weighted by Gasteiger charge is 2.41. The molecule has 0 spiro atoms. The maximum atomic E-state index is 12.7. The summed E-state index contributed by atoms with van der Waals surface area (Å²) in [6, 6.07) is 1.53. The Hall–Kier alpha value is -1.20. The Balaban J connectivity index is 2.17. The maximum Gasteiger partial charge on any atom is 0.268 e. The molecule has 5 nitrogen and oxygen atoms in total. The molecule has 134 valence electrons. The average Bonchev–Trinajstić information content (AvgIpc) is 2.83. The molecular weight excluding hydrogens is 349 g/mol. The molecule has 0 unspecified atom stereocenters. The number of amides is 2. The van der Waals surface area contributed by atoms with Crippen LogP contribution >= 0.6 is 23.2 Å². The molecule has 2 amide bonds. The van der Waals surface area contributed by atoms with Crippen molar-refractivity contribution in [3.05, 3.63) is 21.9 Å². The van der Waals surface area contributed by atoms with Gasteiger partial charge in [0.15, 0.2) is 0 Å². The van der Waals surface area contributed by atoms with Crippen LogP contribution in [0, 0.1) is 0 Å². The third-order valence-electron chi connectivity index (χ3n) is 4.66. The monoisotopic (exact) mass is 373 g/mol. The van der Waals surface area contributed by atoms with Crippen molar-refractivity contribution in [1.29, 1.82) is 0 Å². The SMILES string of the molecule is CCCCNC(=O)C1(NC(=O)c2cc(Cl)c(Cl)n2C)CCCCC1. The summed E-state index contributed by atoms with van der Waals surface area (Å²) in [5.74, 6) is -0.408. The first-order valence-corrected chi connectivity index (χ1v) is 9.28. The first-order valence-electron chi connectivity index (χ1n) is 8.53. The zero-order valence-electron chi connectivity index (χ0n) is 14.3. The van der Waals surface area contributed by atoms with Gasteiger partial charge in [0, 0.05) is 13.6 Å². The fourth-order valence-corrected chi connectivity index (χ4v) is 3.53. The molecule has 0 bridgehead atoms. The number of nitrogens with zero attached hydrogens (tertiary/aromatic N) is 1. The minimum Gasteiger partial charge on any atom is -0.354 e. The Bertz CT molecular complexity index is 607. The van der Waals surface area contributed by atoms with Gasteiger partial charge in [-0.05, 0) is 25.3 Å². The van der Waals surface area contributed by atoms with E-state index in [0.717, 1.165) is 32.1 Å². The Labute approximate surface area is 153 Å². The molecule has 0 aliphatic heterocycles. The Morgan fingerprint density at radius 2 is 1.92 bits per heavy atom. The molecule has 1 aliphatic carbocycles. The topological polar surface area (TPSA) is 63.1 Å². The molecule has 2 rings (SSSR count). The largest absolute Gasteiger partial charge is 0.354 e. The van der Waals surface area contributed by atoms with E-state index in [9.17, 15) is 9.59 Å². The van der Waals surface area contributed by atoms with E-state index >= 15 is 0 Å². The standard InChI is InChI=1S/C17H25Cl2N3O2/c1-3-4-10-20-16(24)17(8-6-5-7-9-17)21-15(23)13-11-12(18)14(19)22(13)2/h11H,3-10H2,1-2H3,(H,20,24)(H,21,23). The van der Waals surface area contributed by atoms with Crippen molar-refractivity contribution in [3.63, 3.8) is 0 Å². The van der Waals surface area contributed by atoms with Crippen molar-refractivity contribution in [2.24, 2.45) is 7.05 Å². The molecule has 1 aromatic heterocycles. The Kier molecular flexibility index (Phi) is 6.58. The van der Waals surface area contributed by atoms with Crippen LogP contribution in [0.25, 0.3) is 0 Å². The summed E-state index contributed by atoms with van der Waals surface area (Å²) in [6.45, 7) is 2.71. The highest BCUT2D eigenvalue weighted by Crippen LogP contribution is 2.30. The second-order valence-corrected chi connectivity index (χ2v) is 7.20. The maximum absolute atomic E-state index is 12.7. The molecule has 1 fully saturated rings. The Morgan fingerprint density at radius 3 is 2.46 bits per heavy atom. The number of carbonyl (C=O) groups is 2. The summed E-state index contributed by atoms with van der Waals surface area (Å²) in [5.41, 5.74) is -0.483. The molecular formula is C17H25Cl2N3O2. The summed E-state index contributed by atoms with van der Waals surface area (Å²) in [5, 5.41) is 6.58. The van der Waals surface area contributed by atoms with Crippen LogP contribution in [-0.4, -0.2) is 28.5 Å². The first-order chi connectivity index (χ1) is 11.4. The minimum absolute atomic E-state index is 0.0876. The molecule has 24 heavy (non-hydrogen) atoms. The van der Waals surface area contributed by atoms with Gasteiger partial charge in [-0.3, -0.25) is 9.59 Å². The predicted molar refractivity (Wildman–Crippen MR) is 96.6 cm³/mol. The smallest absolute Gasteiger partial charge is 0.268 e. The van der Waals surface area contributed by atoms with Gasteiger partial charge in [-0.25, -0.2) is 0 Å². The summed E-state index contributed by atoms with van der Waals surface area (Å²) >= 11 is 12.0. The van der Waals surface area contributed by atoms with E-state index < -0.39 is 5.54 Å². The van der Waals surface area contributed by atoms with E-state index in [0.29, 0.717) is 35.3 Å². The fraction of sp³-hybridized carbons (Fsp3) is 0.647. The molecule has 1 heterocycles. The molecule has 0 radical (unpaired) electrons.